The standard InChI is InChI=1S/C24H29FN2O5S/c1-31-19-7-10-21(23(16-19)32-2)22-4-3-13-27(22)24(28)17-11-14-26(15-12-17)33(29,30)20-8-5-18(25)6-9-20/h5-10,16-17,22H,3-4,11-15H2,1-2H3/t22-/m0/s1. The molecule has 0 N–H and O–H groups in total. The van der Waals surface area contributed by atoms with Gasteiger partial charge in [0, 0.05) is 37.2 Å². The van der Waals surface area contributed by atoms with Crippen molar-refractivity contribution in [3.05, 3.63) is 53.8 Å². The van der Waals surface area contributed by atoms with Gasteiger partial charge in [0.25, 0.3) is 0 Å². The van der Waals surface area contributed by atoms with Crippen molar-refractivity contribution < 1.29 is 27.1 Å². The predicted octanol–water partition coefficient (Wildman–Crippen LogP) is 3.61. The summed E-state index contributed by atoms with van der Waals surface area (Å²) < 4.78 is 51.2. The van der Waals surface area contributed by atoms with Crippen LogP contribution in [-0.2, 0) is 14.8 Å². The van der Waals surface area contributed by atoms with Gasteiger partial charge in [-0.1, -0.05) is 0 Å². The highest BCUT2D eigenvalue weighted by molar-refractivity contribution is 7.89. The summed E-state index contributed by atoms with van der Waals surface area (Å²) in [6.45, 7) is 1.20. The zero-order valence-corrected chi connectivity index (χ0v) is 19.7. The summed E-state index contributed by atoms with van der Waals surface area (Å²) in [6, 6.07) is 10.4. The van der Waals surface area contributed by atoms with E-state index >= 15 is 0 Å². The number of nitrogens with zero attached hydrogens (tertiary/aromatic N) is 2. The van der Waals surface area contributed by atoms with Gasteiger partial charge in [-0.2, -0.15) is 4.31 Å². The van der Waals surface area contributed by atoms with Crippen LogP contribution in [0.1, 0.15) is 37.3 Å². The molecule has 7 nitrogen and oxygen atoms in total. The summed E-state index contributed by atoms with van der Waals surface area (Å²) in [6.07, 6.45) is 2.68. The Morgan fingerprint density at radius 2 is 1.67 bits per heavy atom. The van der Waals surface area contributed by atoms with E-state index in [2.05, 4.69) is 0 Å². The minimum absolute atomic E-state index is 0.0641. The highest BCUT2D eigenvalue weighted by atomic mass is 32.2. The number of carbonyl (C=O) groups is 1. The lowest BCUT2D eigenvalue weighted by atomic mass is 9.95. The number of carbonyl (C=O) groups excluding carboxylic acids is 1. The number of amides is 1. The van der Waals surface area contributed by atoms with Crippen LogP contribution in [0.3, 0.4) is 0 Å². The summed E-state index contributed by atoms with van der Waals surface area (Å²) in [5.41, 5.74) is 0.959. The Bertz CT molecular complexity index is 1100. The number of methoxy groups -OCH3 is 2. The Morgan fingerprint density at radius 1 is 0.970 bits per heavy atom. The summed E-state index contributed by atoms with van der Waals surface area (Å²) in [7, 11) is -0.495. The lowest BCUT2D eigenvalue weighted by Gasteiger charge is -2.34. The first-order chi connectivity index (χ1) is 15.8. The molecule has 2 fully saturated rings. The molecule has 0 aliphatic carbocycles. The molecule has 0 bridgehead atoms. The number of halogens is 1. The van der Waals surface area contributed by atoms with Crippen molar-refractivity contribution in [3.63, 3.8) is 0 Å². The van der Waals surface area contributed by atoms with Crippen molar-refractivity contribution in [2.45, 2.75) is 36.6 Å². The van der Waals surface area contributed by atoms with Crippen LogP contribution in [-0.4, -0.2) is 57.4 Å². The summed E-state index contributed by atoms with van der Waals surface area (Å²) >= 11 is 0. The first-order valence-corrected chi connectivity index (χ1v) is 12.6. The van der Waals surface area contributed by atoms with Gasteiger partial charge in [0.15, 0.2) is 0 Å². The second-order valence-corrected chi connectivity index (χ2v) is 10.4. The average Bonchev–Trinajstić information content (AvgIpc) is 3.33. The molecule has 2 aliphatic heterocycles. The van der Waals surface area contributed by atoms with Gasteiger partial charge in [0.05, 0.1) is 25.2 Å². The number of hydrogen-bond donors (Lipinski definition) is 0. The Morgan fingerprint density at radius 3 is 2.30 bits per heavy atom. The van der Waals surface area contributed by atoms with Crippen molar-refractivity contribution >= 4 is 15.9 Å². The monoisotopic (exact) mass is 476 g/mol. The number of benzene rings is 2. The van der Waals surface area contributed by atoms with Crippen LogP contribution in [0.4, 0.5) is 4.39 Å². The SMILES string of the molecule is COc1ccc([C@@H]2CCCN2C(=O)C2CCN(S(=O)(=O)c3ccc(F)cc3)CC2)c(OC)c1. The third-order valence-electron chi connectivity index (χ3n) is 6.59. The first kappa shape index (κ1) is 23.5. The Balaban J connectivity index is 1.45. The topological polar surface area (TPSA) is 76.2 Å². The number of piperidine rings is 1. The van der Waals surface area contributed by atoms with Crippen molar-refractivity contribution in [3.8, 4) is 11.5 Å². The molecule has 178 valence electrons. The molecule has 1 atom stereocenters. The van der Waals surface area contributed by atoms with Gasteiger partial charge in [-0.3, -0.25) is 4.79 Å². The quantitative estimate of drug-likeness (QED) is 0.637. The van der Waals surface area contributed by atoms with E-state index in [-0.39, 0.29) is 35.9 Å². The molecule has 2 aromatic rings. The second kappa shape index (κ2) is 9.69. The summed E-state index contributed by atoms with van der Waals surface area (Å²) in [5, 5.41) is 0. The molecule has 0 radical (unpaired) electrons. The minimum Gasteiger partial charge on any atom is -0.497 e. The average molecular weight is 477 g/mol. The molecule has 0 saturated carbocycles. The maximum atomic E-state index is 13.4. The lowest BCUT2D eigenvalue weighted by Crippen LogP contribution is -2.44. The maximum Gasteiger partial charge on any atom is 0.243 e. The fourth-order valence-corrected chi connectivity index (χ4v) is 6.25. The van der Waals surface area contributed by atoms with Crippen LogP contribution in [0.15, 0.2) is 47.4 Å². The van der Waals surface area contributed by atoms with Gasteiger partial charge in [-0.05, 0) is 62.1 Å². The molecule has 0 spiro atoms. The van der Waals surface area contributed by atoms with Gasteiger partial charge in [-0.15, -0.1) is 0 Å². The zero-order valence-electron chi connectivity index (χ0n) is 18.9. The molecular formula is C24H29FN2O5S. The van der Waals surface area contributed by atoms with E-state index in [9.17, 15) is 17.6 Å². The van der Waals surface area contributed by atoms with Crippen LogP contribution in [0, 0.1) is 11.7 Å². The van der Waals surface area contributed by atoms with Crippen molar-refractivity contribution in [1.82, 2.24) is 9.21 Å². The number of sulfonamides is 1. The van der Waals surface area contributed by atoms with E-state index in [1.165, 1.54) is 16.4 Å². The summed E-state index contributed by atoms with van der Waals surface area (Å²) in [5.74, 6) is 0.746. The molecule has 9 heteroatoms. The molecule has 1 amide bonds. The predicted molar refractivity (Wildman–Crippen MR) is 121 cm³/mol. The number of ether oxygens (including phenoxy) is 2. The molecule has 2 saturated heterocycles. The van der Waals surface area contributed by atoms with Gasteiger partial charge in [0.1, 0.15) is 17.3 Å². The number of hydrogen-bond acceptors (Lipinski definition) is 5. The van der Waals surface area contributed by atoms with Crippen LogP contribution < -0.4 is 9.47 Å². The molecule has 2 heterocycles. The van der Waals surface area contributed by atoms with E-state index in [1.54, 1.807) is 14.2 Å². The zero-order chi connectivity index (χ0) is 23.6. The molecular weight excluding hydrogens is 447 g/mol. The van der Waals surface area contributed by atoms with E-state index in [0.29, 0.717) is 30.9 Å². The third-order valence-corrected chi connectivity index (χ3v) is 8.50. The molecule has 0 unspecified atom stereocenters. The molecule has 33 heavy (non-hydrogen) atoms. The van der Waals surface area contributed by atoms with Gasteiger partial charge in [0.2, 0.25) is 15.9 Å². The van der Waals surface area contributed by atoms with E-state index in [0.717, 1.165) is 30.5 Å². The van der Waals surface area contributed by atoms with Gasteiger partial charge in [-0.25, -0.2) is 12.8 Å². The minimum atomic E-state index is -3.70. The van der Waals surface area contributed by atoms with Crippen LogP contribution >= 0.6 is 0 Å². The Kier molecular flexibility index (Phi) is 6.90. The molecule has 2 aromatic carbocycles. The van der Waals surface area contributed by atoms with Gasteiger partial charge >= 0.3 is 0 Å². The highest BCUT2D eigenvalue weighted by Crippen LogP contribution is 2.40. The highest BCUT2D eigenvalue weighted by Gasteiger charge is 2.38. The summed E-state index contributed by atoms with van der Waals surface area (Å²) in [4.78, 5) is 15.4. The van der Waals surface area contributed by atoms with E-state index < -0.39 is 15.8 Å². The van der Waals surface area contributed by atoms with Crippen LogP contribution in [0.25, 0.3) is 0 Å². The van der Waals surface area contributed by atoms with Crippen molar-refractivity contribution in [2.75, 3.05) is 33.9 Å². The van der Waals surface area contributed by atoms with Crippen LogP contribution in [0.5, 0.6) is 11.5 Å². The fourth-order valence-electron chi connectivity index (χ4n) is 4.78. The molecule has 0 aromatic heterocycles. The van der Waals surface area contributed by atoms with Gasteiger partial charge < -0.3 is 14.4 Å². The number of rotatable bonds is 6. The Labute approximate surface area is 194 Å². The van der Waals surface area contributed by atoms with E-state index in [4.69, 9.17) is 9.47 Å². The van der Waals surface area contributed by atoms with Crippen LogP contribution in [0.2, 0.25) is 0 Å². The Hall–Kier alpha value is -2.65. The van der Waals surface area contributed by atoms with Crippen molar-refractivity contribution in [1.29, 1.82) is 0 Å². The lowest BCUT2D eigenvalue weighted by molar-refractivity contribution is -0.137. The maximum absolute atomic E-state index is 13.4. The number of likely N-dealkylation sites (tertiary alicyclic amines) is 1. The smallest absolute Gasteiger partial charge is 0.243 e. The second-order valence-electron chi connectivity index (χ2n) is 8.43. The molecule has 4 rings (SSSR count). The van der Waals surface area contributed by atoms with E-state index in [1.807, 2.05) is 23.1 Å². The fraction of sp³-hybridized carbons (Fsp3) is 0.458. The van der Waals surface area contributed by atoms with Crippen molar-refractivity contribution in [2.24, 2.45) is 5.92 Å². The molecule has 2 aliphatic rings. The third kappa shape index (κ3) is 4.70. The first-order valence-electron chi connectivity index (χ1n) is 11.1. The largest absolute Gasteiger partial charge is 0.497 e. The normalized spacial score (nSPS) is 20.1.